The van der Waals surface area contributed by atoms with Gasteiger partial charge >= 0.3 is 0 Å². The number of fused-ring (bicyclic) bond motifs is 1. The summed E-state index contributed by atoms with van der Waals surface area (Å²) in [4.78, 5) is 22.0. The van der Waals surface area contributed by atoms with Crippen molar-refractivity contribution in [3.05, 3.63) is 89.5 Å². The van der Waals surface area contributed by atoms with E-state index in [9.17, 15) is 4.79 Å². The lowest BCUT2D eigenvalue weighted by molar-refractivity contribution is 0.102. The SMILES string of the molecule is CCc1c(C)nc2ccnn2c1Oc1ccc(C(=O)Nc2cccc(-c3cc(OC)cc(OC)c3)n2)cc1F. The van der Waals surface area contributed by atoms with Gasteiger partial charge in [0.2, 0.25) is 5.88 Å². The van der Waals surface area contributed by atoms with Gasteiger partial charge in [-0.25, -0.2) is 14.4 Å². The van der Waals surface area contributed by atoms with E-state index in [4.69, 9.17) is 14.2 Å². The van der Waals surface area contributed by atoms with E-state index in [1.54, 1.807) is 50.7 Å². The summed E-state index contributed by atoms with van der Waals surface area (Å²) in [5.41, 5.74) is 3.65. The quantitative estimate of drug-likeness (QED) is 0.270. The highest BCUT2D eigenvalue weighted by molar-refractivity contribution is 6.04. The van der Waals surface area contributed by atoms with Crippen molar-refractivity contribution < 1.29 is 23.4 Å². The number of halogens is 1. The normalized spacial score (nSPS) is 10.9. The Bertz CT molecular complexity index is 1660. The van der Waals surface area contributed by atoms with Crippen LogP contribution in [0.4, 0.5) is 10.2 Å². The molecule has 0 saturated carbocycles. The molecule has 0 aliphatic carbocycles. The van der Waals surface area contributed by atoms with Crippen LogP contribution in [0.2, 0.25) is 0 Å². The van der Waals surface area contributed by atoms with Crippen molar-refractivity contribution in [3.8, 4) is 34.4 Å². The van der Waals surface area contributed by atoms with Gasteiger partial charge in [-0.2, -0.15) is 9.61 Å². The predicted molar refractivity (Wildman–Crippen MR) is 144 cm³/mol. The van der Waals surface area contributed by atoms with Crippen LogP contribution in [-0.2, 0) is 6.42 Å². The number of aryl methyl sites for hydroxylation is 1. The summed E-state index contributed by atoms with van der Waals surface area (Å²) in [5, 5.41) is 6.98. The van der Waals surface area contributed by atoms with Gasteiger partial charge in [0, 0.05) is 34.5 Å². The van der Waals surface area contributed by atoms with Crippen LogP contribution in [0.15, 0.2) is 66.9 Å². The van der Waals surface area contributed by atoms with Crippen molar-refractivity contribution in [2.75, 3.05) is 19.5 Å². The molecule has 198 valence electrons. The number of ether oxygens (including phenoxy) is 3. The fourth-order valence-electron chi connectivity index (χ4n) is 4.21. The van der Waals surface area contributed by atoms with Crippen LogP contribution in [-0.4, -0.2) is 39.7 Å². The molecule has 1 N–H and O–H groups in total. The maximum Gasteiger partial charge on any atom is 0.256 e. The summed E-state index contributed by atoms with van der Waals surface area (Å²) >= 11 is 0. The smallest absolute Gasteiger partial charge is 0.256 e. The largest absolute Gasteiger partial charge is 0.497 e. The molecule has 39 heavy (non-hydrogen) atoms. The Morgan fingerprint density at radius 2 is 1.77 bits per heavy atom. The Kier molecular flexibility index (Phi) is 7.09. The van der Waals surface area contributed by atoms with E-state index in [0.29, 0.717) is 41.0 Å². The minimum Gasteiger partial charge on any atom is -0.497 e. The Morgan fingerprint density at radius 3 is 2.46 bits per heavy atom. The van der Waals surface area contributed by atoms with E-state index in [0.717, 1.165) is 22.9 Å². The number of methoxy groups -OCH3 is 2. The molecule has 0 spiro atoms. The number of pyridine rings is 1. The summed E-state index contributed by atoms with van der Waals surface area (Å²) in [7, 11) is 3.13. The molecular weight excluding hydrogens is 501 g/mol. The minimum atomic E-state index is -0.690. The van der Waals surface area contributed by atoms with Crippen molar-refractivity contribution in [2.24, 2.45) is 0 Å². The van der Waals surface area contributed by atoms with E-state index in [-0.39, 0.29) is 11.3 Å². The lowest BCUT2D eigenvalue weighted by Crippen LogP contribution is -2.13. The lowest BCUT2D eigenvalue weighted by Gasteiger charge is -2.14. The molecule has 0 aliphatic rings. The number of nitrogens with zero attached hydrogens (tertiary/aromatic N) is 4. The van der Waals surface area contributed by atoms with Gasteiger partial charge in [-0.1, -0.05) is 13.0 Å². The van der Waals surface area contributed by atoms with Crippen molar-refractivity contribution in [1.82, 2.24) is 19.6 Å². The number of carbonyl (C=O) groups is 1. The zero-order valence-corrected chi connectivity index (χ0v) is 21.9. The van der Waals surface area contributed by atoms with Crippen LogP contribution in [0.3, 0.4) is 0 Å². The Hall–Kier alpha value is -4.99. The first kappa shape index (κ1) is 25.7. The Labute approximate surface area is 224 Å². The van der Waals surface area contributed by atoms with Crippen molar-refractivity contribution in [2.45, 2.75) is 20.3 Å². The molecule has 3 heterocycles. The maximum absolute atomic E-state index is 15.1. The topological polar surface area (TPSA) is 99.9 Å². The molecule has 0 radical (unpaired) electrons. The highest BCUT2D eigenvalue weighted by Gasteiger charge is 2.18. The van der Waals surface area contributed by atoms with Gasteiger partial charge in [-0.3, -0.25) is 4.79 Å². The van der Waals surface area contributed by atoms with Crippen LogP contribution in [0.5, 0.6) is 23.1 Å². The zero-order chi connectivity index (χ0) is 27.5. The van der Waals surface area contributed by atoms with E-state index >= 15 is 4.39 Å². The molecule has 3 aromatic heterocycles. The maximum atomic E-state index is 15.1. The summed E-state index contributed by atoms with van der Waals surface area (Å²) in [6, 6.07) is 16.4. The van der Waals surface area contributed by atoms with Crippen LogP contribution < -0.4 is 19.5 Å². The van der Waals surface area contributed by atoms with Gasteiger partial charge in [-0.15, -0.1) is 0 Å². The third kappa shape index (κ3) is 5.22. The second-order valence-electron chi connectivity index (χ2n) is 8.65. The van der Waals surface area contributed by atoms with Crippen LogP contribution in [0.25, 0.3) is 16.9 Å². The number of hydrogen-bond donors (Lipinski definition) is 1. The lowest BCUT2D eigenvalue weighted by atomic mass is 10.1. The van der Waals surface area contributed by atoms with Gasteiger partial charge in [0.05, 0.1) is 26.1 Å². The summed E-state index contributed by atoms with van der Waals surface area (Å²) in [6.45, 7) is 3.83. The number of hydrogen-bond acceptors (Lipinski definition) is 7. The number of nitrogens with one attached hydrogen (secondary N) is 1. The van der Waals surface area contributed by atoms with Gasteiger partial charge in [0.25, 0.3) is 5.91 Å². The molecule has 1 amide bonds. The molecule has 5 rings (SSSR count). The number of anilines is 1. The molecule has 0 aliphatic heterocycles. The van der Waals surface area contributed by atoms with E-state index < -0.39 is 11.7 Å². The van der Waals surface area contributed by atoms with Gasteiger partial charge in [-0.05, 0) is 55.8 Å². The standard InChI is InChI=1S/C29H26FN5O4/c1-5-22-17(2)32-27-11-12-31-35(27)29(22)39-25-10-9-18(15-23(25)30)28(36)34-26-8-6-7-24(33-26)19-13-20(37-3)16-21(14-19)38-4/h6-16H,5H2,1-4H3,(H,33,34,36). The summed E-state index contributed by atoms with van der Waals surface area (Å²) < 4.78 is 33.3. The number of benzene rings is 2. The summed E-state index contributed by atoms with van der Waals surface area (Å²) in [6.07, 6.45) is 2.23. The number of aromatic nitrogens is 4. The predicted octanol–water partition coefficient (Wildman–Crippen LogP) is 5.86. The van der Waals surface area contributed by atoms with E-state index in [2.05, 4.69) is 20.4 Å². The van der Waals surface area contributed by atoms with Crippen molar-refractivity contribution in [1.29, 1.82) is 0 Å². The number of rotatable bonds is 8. The molecule has 5 aromatic rings. The Morgan fingerprint density at radius 1 is 1.00 bits per heavy atom. The number of amides is 1. The third-order valence-corrected chi connectivity index (χ3v) is 6.18. The van der Waals surface area contributed by atoms with Gasteiger partial charge in [0.1, 0.15) is 17.3 Å². The van der Waals surface area contributed by atoms with Crippen molar-refractivity contribution >= 4 is 17.4 Å². The first-order valence-corrected chi connectivity index (χ1v) is 12.2. The molecule has 0 bridgehead atoms. The zero-order valence-electron chi connectivity index (χ0n) is 21.9. The molecule has 0 unspecified atom stereocenters. The van der Waals surface area contributed by atoms with E-state index in [1.165, 1.54) is 16.6 Å². The average molecular weight is 528 g/mol. The molecule has 10 heteroatoms. The summed E-state index contributed by atoms with van der Waals surface area (Å²) in [5.74, 6) is 0.675. The Balaban J connectivity index is 1.37. The second-order valence-corrected chi connectivity index (χ2v) is 8.65. The minimum absolute atomic E-state index is 0.0317. The highest BCUT2D eigenvalue weighted by atomic mass is 19.1. The third-order valence-electron chi connectivity index (χ3n) is 6.18. The fraction of sp³-hybridized carbons (Fsp3) is 0.172. The van der Waals surface area contributed by atoms with Crippen LogP contribution in [0.1, 0.15) is 28.5 Å². The molecule has 9 nitrogen and oxygen atoms in total. The molecular formula is C29H26FN5O4. The highest BCUT2D eigenvalue weighted by Crippen LogP contribution is 2.31. The van der Waals surface area contributed by atoms with Crippen LogP contribution >= 0.6 is 0 Å². The van der Waals surface area contributed by atoms with Crippen LogP contribution in [0, 0.1) is 12.7 Å². The van der Waals surface area contributed by atoms with Crippen molar-refractivity contribution in [3.63, 3.8) is 0 Å². The molecule has 0 saturated heterocycles. The van der Waals surface area contributed by atoms with E-state index in [1.807, 2.05) is 26.0 Å². The van der Waals surface area contributed by atoms with Gasteiger partial charge in [0.15, 0.2) is 17.2 Å². The molecule has 0 fully saturated rings. The molecule has 0 atom stereocenters. The molecule has 2 aromatic carbocycles. The monoisotopic (exact) mass is 527 g/mol. The second kappa shape index (κ2) is 10.8. The average Bonchev–Trinajstić information content (AvgIpc) is 3.42. The number of carbonyl (C=O) groups excluding carboxylic acids is 1. The first-order chi connectivity index (χ1) is 18.9. The first-order valence-electron chi connectivity index (χ1n) is 12.2. The fourth-order valence-corrected chi connectivity index (χ4v) is 4.21. The van der Waals surface area contributed by atoms with Gasteiger partial charge < -0.3 is 19.5 Å².